The van der Waals surface area contributed by atoms with Crippen LogP contribution >= 0.6 is 11.6 Å². The van der Waals surface area contributed by atoms with E-state index in [-0.39, 0.29) is 16.5 Å². The minimum Gasteiger partial charge on any atom is -0.336 e. The lowest BCUT2D eigenvalue weighted by atomic mass is 10.1. The van der Waals surface area contributed by atoms with Gasteiger partial charge in [0.15, 0.2) is 0 Å². The quantitative estimate of drug-likeness (QED) is 0.743. The maximum atomic E-state index is 13.6. The third kappa shape index (κ3) is 1.65. The highest BCUT2D eigenvalue weighted by molar-refractivity contribution is 6.34. The summed E-state index contributed by atoms with van der Waals surface area (Å²) in [4.78, 5) is 18.1. The Kier molecular flexibility index (Phi) is 2.60. The molecule has 0 radical (unpaired) electrons. The molecule has 1 aromatic heterocycles. The normalized spacial score (nSPS) is 14.1. The zero-order valence-electron chi connectivity index (χ0n) is 10.4. The molecule has 2 heterocycles. The van der Waals surface area contributed by atoms with Crippen LogP contribution < -0.4 is 0 Å². The molecule has 4 nitrogen and oxygen atoms in total. The molecule has 0 aliphatic carbocycles. The molecule has 0 fully saturated rings. The summed E-state index contributed by atoms with van der Waals surface area (Å²) < 4.78 is 15.4. The van der Waals surface area contributed by atoms with Gasteiger partial charge in [-0.25, -0.2) is 9.37 Å². The molecule has 0 spiro atoms. The van der Waals surface area contributed by atoms with E-state index in [4.69, 9.17) is 11.6 Å². The van der Waals surface area contributed by atoms with Crippen molar-refractivity contribution in [2.75, 3.05) is 7.05 Å². The molecule has 0 saturated heterocycles. The molecule has 19 heavy (non-hydrogen) atoms. The lowest BCUT2D eigenvalue weighted by molar-refractivity contribution is 0.0787. The van der Waals surface area contributed by atoms with E-state index in [9.17, 15) is 9.18 Å². The Morgan fingerprint density at radius 2 is 2.16 bits per heavy atom. The highest BCUT2D eigenvalue weighted by Gasteiger charge is 2.28. The number of carbonyl (C=O) groups is 1. The molecular weight excluding hydrogens is 269 g/mol. The van der Waals surface area contributed by atoms with E-state index in [2.05, 4.69) is 4.98 Å². The largest absolute Gasteiger partial charge is 0.336 e. The van der Waals surface area contributed by atoms with Crippen LogP contribution in [-0.4, -0.2) is 27.4 Å². The van der Waals surface area contributed by atoms with Gasteiger partial charge in [0.25, 0.3) is 5.91 Å². The van der Waals surface area contributed by atoms with Crippen LogP contribution in [0.3, 0.4) is 0 Å². The van der Waals surface area contributed by atoms with Gasteiger partial charge in [0.1, 0.15) is 5.82 Å². The van der Waals surface area contributed by atoms with E-state index in [0.29, 0.717) is 12.2 Å². The second-order valence-electron chi connectivity index (χ2n) is 4.56. The summed E-state index contributed by atoms with van der Waals surface area (Å²) in [5, 5.41) is -0.145. The van der Waals surface area contributed by atoms with E-state index >= 15 is 0 Å². The van der Waals surface area contributed by atoms with E-state index < -0.39 is 5.82 Å². The molecule has 2 aromatic rings. The maximum Gasteiger partial charge on any atom is 0.257 e. The Balaban J connectivity index is 2.39. The topological polar surface area (TPSA) is 38.1 Å². The lowest BCUT2D eigenvalue weighted by Gasteiger charge is -2.15. The molecule has 3 rings (SSSR count). The van der Waals surface area contributed by atoms with Crippen molar-refractivity contribution in [1.82, 2.24) is 14.5 Å². The number of aromatic nitrogens is 2. The van der Waals surface area contributed by atoms with Crippen LogP contribution in [0.5, 0.6) is 0 Å². The van der Waals surface area contributed by atoms with E-state index in [0.717, 1.165) is 11.4 Å². The number of fused-ring (bicyclic) bond motifs is 3. The van der Waals surface area contributed by atoms with Crippen molar-refractivity contribution < 1.29 is 9.18 Å². The van der Waals surface area contributed by atoms with Gasteiger partial charge in [0, 0.05) is 7.05 Å². The third-order valence-electron chi connectivity index (χ3n) is 3.36. The Hall–Kier alpha value is -1.88. The molecule has 0 atom stereocenters. The fraction of sp³-hybridized carbons (Fsp3) is 0.231. The van der Waals surface area contributed by atoms with Crippen LogP contribution in [0.15, 0.2) is 18.5 Å². The molecule has 1 aliphatic heterocycles. The summed E-state index contributed by atoms with van der Waals surface area (Å²) in [5.74, 6) is -0.884. The number of imidazole rings is 1. The monoisotopic (exact) mass is 279 g/mol. The average Bonchev–Trinajstić information content (AvgIpc) is 2.68. The molecule has 1 amide bonds. The third-order valence-corrected chi connectivity index (χ3v) is 3.72. The minimum absolute atomic E-state index is 0.145. The molecule has 1 aromatic carbocycles. The first-order chi connectivity index (χ1) is 9.00. The predicted octanol–water partition coefficient (Wildman–Crippen LogP) is 2.56. The van der Waals surface area contributed by atoms with Crippen LogP contribution in [0.4, 0.5) is 4.39 Å². The molecule has 6 heteroatoms. The second-order valence-corrected chi connectivity index (χ2v) is 4.94. The summed E-state index contributed by atoms with van der Waals surface area (Å²) in [6.45, 7) is 2.29. The Morgan fingerprint density at radius 1 is 1.42 bits per heavy atom. The summed E-state index contributed by atoms with van der Waals surface area (Å²) in [5.41, 5.74) is 2.49. The maximum absolute atomic E-state index is 13.6. The van der Waals surface area contributed by atoms with Crippen LogP contribution in [0.25, 0.3) is 5.69 Å². The van der Waals surface area contributed by atoms with E-state index in [1.54, 1.807) is 24.0 Å². The van der Waals surface area contributed by atoms with Crippen molar-refractivity contribution in [2.45, 2.75) is 13.5 Å². The second kappa shape index (κ2) is 4.06. The van der Waals surface area contributed by atoms with Gasteiger partial charge < -0.3 is 9.47 Å². The van der Waals surface area contributed by atoms with Crippen molar-refractivity contribution in [2.24, 2.45) is 0 Å². The van der Waals surface area contributed by atoms with Crippen molar-refractivity contribution in [3.8, 4) is 5.69 Å². The van der Waals surface area contributed by atoms with Crippen molar-refractivity contribution >= 4 is 17.5 Å². The van der Waals surface area contributed by atoms with Gasteiger partial charge in [-0.15, -0.1) is 0 Å². The highest BCUT2D eigenvalue weighted by Crippen LogP contribution is 2.31. The van der Waals surface area contributed by atoms with Gasteiger partial charge in [0.2, 0.25) is 0 Å². The van der Waals surface area contributed by atoms with Gasteiger partial charge in [-0.1, -0.05) is 11.6 Å². The Labute approximate surface area is 114 Å². The summed E-state index contributed by atoms with van der Waals surface area (Å²) >= 11 is 5.96. The van der Waals surface area contributed by atoms with Crippen molar-refractivity contribution in [3.05, 3.63) is 46.3 Å². The molecule has 0 N–H and O–H groups in total. The summed E-state index contributed by atoms with van der Waals surface area (Å²) in [6, 6.07) is 2.82. The Morgan fingerprint density at radius 3 is 2.89 bits per heavy atom. The molecule has 1 aliphatic rings. The molecule has 98 valence electrons. The Bertz CT molecular complexity index is 695. The SMILES string of the molecule is Cc1ncn2c1CN(C)C(=O)c1c-2ccc(F)c1Cl. The van der Waals surface area contributed by atoms with Crippen molar-refractivity contribution in [3.63, 3.8) is 0 Å². The number of halogens is 2. The standard InChI is InChI=1S/C13H11ClFN3O/c1-7-10-5-17(2)13(19)11-9(18(10)6-16-7)4-3-8(15)12(11)14/h3-4,6H,5H2,1-2H3. The van der Waals surface area contributed by atoms with Crippen LogP contribution in [0.1, 0.15) is 21.7 Å². The highest BCUT2D eigenvalue weighted by atomic mass is 35.5. The fourth-order valence-electron chi connectivity index (χ4n) is 2.29. The van der Waals surface area contributed by atoms with Gasteiger partial charge in [0.05, 0.1) is 40.5 Å². The number of rotatable bonds is 0. The lowest BCUT2D eigenvalue weighted by Crippen LogP contribution is -2.25. The van der Waals surface area contributed by atoms with E-state index in [1.165, 1.54) is 11.0 Å². The van der Waals surface area contributed by atoms with Crippen LogP contribution in [0.2, 0.25) is 5.02 Å². The average molecular weight is 280 g/mol. The predicted molar refractivity (Wildman–Crippen MR) is 69.1 cm³/mol. The summed E-state index contributed by atoms with van der Waals surface area (Å²) in [6.07, 6.45) is 1.63. The number of carbonyl (C=O) groups excluding carboxylic acids is 1. The zero-order valence-corrected chi connectivity index (χ0v) is 11.2. The van der Waals surface area contributed by atoms with Crippen molar-refractivity contribution in [1.29, 1.82) is 0 Å². The number of hydrogen-bond donors (Lipinski definition) is 0. The molecule has 0 unspecified atom stereocenters. The summed E-state index contributed by atoms with van der Waals surface area (Å²) in [7, 11) is 1.66. The van der Waals surface area contributed by atoms with E-state index in [1.807, 2.05) is 6.92 Å². The molecule has 0 saturated carbocycles. The smallest absolute Gasteiger partial charge is 0.257 e. The first-order valence-electron chi connectivity index (χ1n) is 5.77. The zero-order chi connectivity index (χ0) is 13.7. The van der Waals surface area contributed by atoms with Gasteiger partial charge in [-0.2, -0.15) is 0 Å². The number of benzene rings is 1. The first kappa shape index (κ1) is 12.2. The first-order valence-corrected chi connectivity index (χ1v) is 6.15. The van der Waals surface area contributed by atoms with Gasteiger partial charge in [-0.3, -0.25) is 4.79 Å². The number of amides is 1. The van der Waals surface area contributed by atoms with Gasteiger partial charge >= 0.3 is 0 Å². The van der Waals surface area contributed by atoms with Gasteiger partial charge in [-0.05, 0) is 19.1 Å². The number of aryl methyl sites for hydroxylation is 1. The van der Waals surface area contributed by atoms with Crippen LogP contribution in [0, 0.1) is 12.7 Å². The fourth-order valence-corrected chi connectivity index (χ4v) is 2.53. The molecular formula is C13H11ClFN3O. The molecule has 0 bridgehead atoms. The number of nitrogens with zero attached hydrogens (tertiary/aromatic N) is 3. The minimum atomic E-state index is -0.595. The van der Waals surface area contributed by atoms with Crippen LogP contribution in [-0.2, 0) is 6.54 Å². The number of hydrogen-bond acceptors (Lipinski definition) is 2.